The van der Waals surface area contributed by atoms with Gasteiger partial charge in [-0.15, -0.1) is 11.8 Å². The highest BCUT2D eigenvalue weighted by atomic mass is 32.2. The first-order valence-corrected chi connectivity index (χ1v) is 8.83. The molecule has 1 saturated heterocycles. The first-order valence-electron chi connectivity index (χ1n) is 7.78. The Labute approximate surface area is 141 Å². The van der Waals surface area contributed by atoms with Crippen LogP contribution in [0.2, 0.25) is 0 Å². The maximum Gasteiger partial charge on any atom is 0.242 e. The molecule has 5 nitrogen and oxygen atoms in total. The van der Waals surface area contributed by atoms with Gasteiger partial charge in [-0.3, -0.25) is 9.59 Å². The molecule has 0 radical (unpaired) electrons. The molecule has 126 valence electrons. The monoisotopic (exact) mass is 336 g/mol. The highest BCUT2D eigenvalue weighted by Crippen LogP contribution is 2.40. The summed E-state index contributed by atoms with van der Waals surface area (Å²) in [5, 5.41) is 2.78. The molecular weight excluding hydrogens is 312 g/mol. The van der Waals surface area contributed by atoms with E-state index in [-0.39, 0.29) is 17.2 Å². The van der Waals surface area contributed by atoms with E-state index in [1.165, 1.54) is 0 Å². The number of nitrogens with one attached hydrogen (secondary N) is 1. The summed E-state index contributed by atoms with van der Waals surface area (Å²) >= 11 is 1.55. The van der Waals surface area contributed by atoms with Gasteiger partial charge in [0.25, 0.3) is 0 Å². The normalized spacial score (nSPS) is 19.1. The van der Waals surface area contributed by atoms with Crippen LogP contribution in [0.25, 0.3) is 0 Å². The maximum absolute atomic E-state index is 12.3. The van der Waals surface area contributed by atoms with E-state index in [0.29, 0.717) is 18.2 Å². The van der Waals surface area contributed by atoms with Crippen molar-refractivity contribution in [1.29, 1.82) is 0 Å². The van der Waals surface area contributed by atoms with Gasteiger partial charge in [0.2, 0.25) is 11.8 Å². The van der Waals surface area contributed by atoms with Crippen molar-refractivity contribution in [2.24, 2.45) is 5.92 Å². The molecule has 1 aliphatic rings. The molecule has 1 aromatic carbocycles. The lowest BCUT2D eigenvalue weighted by atomic mass is 10.1. The third-order valence-corrected chi connectivity index (χ3v) is 5.02. The lowest BCUT2D eigenvalue weighted by Gasteiger charge is -2.29. The smallest absolute Gasteiger partial charge is 0.242 e. The quantitative estimate of drug-likeness (QED) is 0.867. The van der Waals surface area contributed by atoms with E-state index in [1.54, 1.807) is 30.7 Å². The zero-order valence-electron chi connectivity index (χ0n) is 14.0. The van der Waals surface area contributed by atoms with E-state index in [4.69, 9.17) is 4.74 Å². The maximum atomic E-state index is 12.3. The van der Waals surface area contributed by atoms with Gasteiger partial charge in [-0.1, -0.05) is 26.0 Å². The fourth-order valence-electron chi connectivity index (χ4n) is 2.46. The molecule has 0 bridgehead atoms. The average Bonchev–Trinajstić information content (AvgIpc) is 2.93. The van der Waals surface area contributed by atoms with Gasteiger partial charge in [0.1, 0.15) is 17.2 Å². The zero-order chi connectivity index (χ0) is 17.0. The van der Waals surface area contributed by atoms with Crippen LogP contribution in [-0.4, -0.2) is 42.2 Å². The Balaban J connectivity index is 2.13. The highest BCUT2D eigenvalue weighted by Gasteiger charge is 2.38. The van der Waals surface area contributed by atoms with Crippen molar-refractivity contribution in [1.82, 2.24) is 10.2 Å². The van der Waals surface area contributed by atoms with Gasteiger partial charge < -0.3 is 15.0 Å². The van der Waals surface area contributed by atoms with Gasteiger partial charge in [-0.25, -0.2) is 0 Å². The molecule has 1 N–H and O–H groups in total. The highest BCUT2D eigenvalue weighted by molar-refractivity contribution is 8.00. The van der Waals surface area contributed by atoms with Crippen LogP contribution >= 0.6 is 11.8 Å². The van der Waals surface area contributed by atoms with E-state index < -0.39 is 6.04 Å². The Morgan fingerprint density at radius 3 is 2.57 bits per heavy atom. The zero-order valence-corrected chi connectivity index (χ0v) is 14.9. The van der Waals surface area contributed by atoms with Crippen LogP contribution in [0.4, 0.5) is 0 Å². The summed E-state index contributed by atoms with van der Waals surface area (Å²) in [6, 6.07) is 7.16. The van der Waals surface area contributed by atoms with Gasteiger partial charge in [-0.2, -0.15) is 0 Å². The van der Waals surface area contributed by atoms with Crippen LogP contribution in [0.3, 0.4) is 0 Å². The van der Waals surface area contributed by atoms with Gasteiger partial charge >= 0.3 is 0 Å². The minimum atomic E-state index is -0.483. The number of carbonyl (C=O) groups is 2. The largest absolute Gasteiger partial charge is 0.497 e. The number of rotatable bonds is 6. The van der Waals surface area contributed by atoms with Gasteiger partial charge in [0.15, 0.2) is 0 Å². The summed E-state index contributed by atoms with van der Waals surface area (Å²) in [6.45, 7) is 6.49. The van der Waals surface area contributed by atoms with E-state index >= 15 is 0 Å². The summed E-state index contributed by atoms with van der Waals surface area (Å²) in [4.78, 5) is 26.3. The van der Waals surface area contributed by atoms with Crippen LogP contribution in [0.1, 0.15) is 31.7 Å². The second-order valence-corrected chi connectivity index (χ2v) is 7.12. The second-order valence-electron chi connectivity index (χ2n) is 6.05. The van der Waals surface area contributed by atoms with Crippen LogP contribution < -0.4 is 10.1 Å². The van der Waals surface area contributed by atoms with Crippen LogP contribution in [-0.2, 0) is 9.59 Å². The number of carbonyl (C=O) groups excluding carboxylic acids is 2. The first kappa shape index (κ1) is 17.7. The van der Waals surface area contributed by atoms with Gasteiger partial charge in [0, 0.05) is 6.54 Å². The van der Waals surface area contributed by atoms with Crippen molar-refractivity contribution in [2.75, 3.05) is 19.4 Å². The molecule has 6 heteroatoms. The second kappa shape index (κ2) is 7.73. The molecule has 0 saturated carbocycles. The number of amides is 2. The standard InChI is InChI=1S/C17H24N2O3S/c1-11(2)9-18-16(21)12(3)19-15(20)10-23-17(19)13-5-7-14(22-4)8-6-13/h5-8,11-12,17H,9-10H2,1-4H3,(H,18,21)/t12-,17+/m0/s1. The first-order chi connectivity index (χ1) is 10.9. The van der Waals surface area contributed by atoms with Crippen LogP contribution in [0.15, 0.2) is 24.3 Å². The van der Waals surface area contributed by atoms with Crippen molar-refractivity contribution in [2.45, 2.75) is 32.2 Å². The van der Waals surface area contributed by atoms with Crippen molar-refractivity contribution in [3.8, 4) is 5.75 Å². The molecule has 1 aromatic rings. The SMILES string of the molecule is COc1ccc([C@H]2SCC(=O)N2[C@@H](C)C(=O)NCC(C)C)cc1. The number of ether oxygens (including phenoxy) is 1. The van der Waals surface area contributed by atoms with E-state index in [2.05, 4.69) is 5.32 Å². The van der Waals surface area contributed by atoms with E-state index in [9.17, 15) is 9.59 Å². The summed E-state index contributed by atoms with van der Waals surface area (Å²) < 4.78 is 5.17. The minimum Gasteiger partial charge on any atom is -0.497 e. The number of benzene rings is 1. The third-order valence-electron chi connectivity index (χ3n) is 3.79. The Morgan fingerprint density at radius 1 is 1.35 bits per heavy atom. The molecule has 0 aromatic heterocycles. The predicted molar refractivity (Wildman–Crippen MR) is 92.3 cm³/mol. The van der Waals surface area contributed by atoms with Crippen molar-refractivity contribution in [3.63, 3.8) is 0 Å². The fraction of sp³-hybridized carbons (Fsp3) is 0.529. The molecule has 2 amide bonds. The van der Waals surface area contributed by atoms with Crippen molar-refractivity contribution < 1.29 is 14.3 Å². The Bertz CT molecular complexity index is 559. The summed E-state index contributed by atoms with van der Waals surface area (Å²) in [5.41, 5.74) is 1.00. The lowest BCUT2D eigenvalue weighted by molar-refractivity contribution is -0.137. The Kier molecular flexibility index (Phi) is 5.93. The number of thioether (sulfide) groups is 1. The number of nitrogens with zero attached hydrogens (tertiary/aromatic N) is 1. The summed E-state index contributed by atoms with van der Waals surface area (Å²) in [6.07, 6.45) is 0. The molecule has 0 unspecified atom stereocenters. The Hall–Kier alpha value is -1.69. The number of methoxy groups -OCH3 is 1. The van der Waals surface area contributed by atoms with E-state index in [0.717, 1.165) is 11.3 Å². The van der Waals surface area contributed by atoms with E-state index in [1.807, 2.05) is 38.1 Å². The average molecular weight is 336 g/mol. The molecule has 1 heterocycles. The summed E-state index contributed by atoms with van der Waals surface area (Å²) in [7, 11) is 1.62. The number of hydrogen-bond acceptors (Lipinski definition) is 4. The number of hydrogen-bond donors (Lipinski definition) is 1. The lowest BCUT2D eigenvalue weighted by Crippen LogP contribution is -2.47. The Morgan fingerprint density at radius 2 is 2.00 bits per heavy atom. The molecular formula is C17H24N2O3S. The predicted octanol–water partition coefficient (Wildman–Crippen LogP) is 2.43. The molecule has 2 atom stereocenters. The molecule has 23 heavy (non-hydrogen) atoms. The van der Waals surface area contributed by atoms with Crippen LogP contribution in [0, 0.1) is 5.92 Å². The molecule has 0 aliphatic carbocycles. The molecule has 0 spiro atoms. The third kappa shape index (κ3) is 4.19. The fourth-order valence-corrected chi connectivity index (χ4v) is 3.72. The molecule has 1 aliphatic heterocycles. The molecule has 2 rings (SSSR count). The minimum absolute atomic E-state index is 0.00279. The van der Waals surface area contributed by atoms with Gasteiger partial charge in [-0.05, 0) is 30.5 Å². The van der Waals surface area contributed by atoms with Crippen LogP contribution in [0.5, 0.6) is 5.75 Å². The van der Waals surface area contributed by atoms with Gasteiger partial charge in [0.05, 0.1) is 12.9 Å². The van der Waals surface area contributed by atoms with Crippen molar-refractivity contribution in [3.05, 3.63) is 29.8 Å². The van der Waals surface area contributed by atoms with Crippen molar-refractivity contribution >= 4 is 23.6 Å². The topological polar surface area (TPSA) is 58.6 Å². The summed E-state index contributed by atoms with van der Waals surface area (Å²) in [5.74, 6) is 1.46. The molecule has 1 fully saturated rings.